The minimum atomic E-state index is 0.646. The van der Waals surface area contributed by atoms with Crippen LogP contribution >= 0.6 is 23.3 Å². The Hall–Kier alpha value is -6.60. The number of thiophene rings is 1. The molecule has 0 atom stereocenters. The van der Waals surface area contributed by atoms with E-state index < -0.39 is 0 Å². The smallest absolute Gasteiger partial charge is 0.164 e. The van der Waals surface area contributed by atoms with Crippen molar-refractivity contribution < 1.29 is 0 Å². The van der Waals surface area contributed by atoms with Crippen molar-refractivity contribution in [3.63, 3.8) is 0 Å². The first-order chi connectivity index (χ1) is 28.2. The first-order valence-electron chi connectivity index (χ1n) is 19.1. The summed E-state index contributed by atoms with van der Waals surface area (Å²) in [6.07, 6.45) is 5.29. The zero-order valence-corrected chi connectivity index (χ0v) is 32.9. The van der Waals surface area contributed by atoms with Crippen molar-refractivity contribution in [2.75, 3.05) is 0 Å². The second kappa shape index (κ2) is 14.8. The quantitative estimate of drug-likeness (QED) is 0.137. The van der Waals surface area contributed by atoms with E-state index in [2.05, 4.69) is 150 Å². The van der Waals surface area contributed by atoms with Gasteiger partial charge in [0.1, 0.15) is 0 Å². The summed E-state index contributed by atoms with van der Waals surface area (Å²) < 4.78 is 4.76. The van der Waals surface area contributed by atoms with Crippen molar-refractivity contribution in [1.82, 2.24) is 18.9 Å². The highest BCUT2D eigenvalue weighted by molar-refractivity contribution is 7.98. The van der Waals surface area contributed by atoms with Gasteiger partial charge in [-0.3, -0.25) is 3.97 Å². The molecule has 10 rings (SSSR count). The highest BCUT2D eigenvalue weighted by Crippen LogP contribution is 2.47. The summed E-state index contributed by atoms with van der Waals surface area (Å²) in [6, 6.07) is 57.5. The molecule has 0 fully saturated rings. The maximum absolute atomic E-state index is 5.18. The van der Waals surface area contributed by atoms with Crippen LogP contribution in [0.4, 0.5) is 0 Å². The molecule has 0 bridgehead atoms. The van der Waals surface area contributed by atoms with E-state index in [4.69, 9.17) is 21.5 Å². The lowest BCUT2D eigenvalue weighted by Gasteiger charge is -2.18. The summed E-state index contributed by atoms with van der Waals surface area (Å²) in [6.45, 7) is 6.87. The molecule has 0 spiro atoms. The van der Waals surface area contributed by atoms with Gasteiger partial charge in [-0.1, -0.05) is 159 Å². The van der Waals surface area contributed by atoms with Gasteiger partial charge < -0.3 is 0 Å². The Balaban J connectivity index is 1.21. The van der Waals surface area contributed by atoms with Gasteiger partial charge in [-0.2, -0.15) is 0 Å². The third kappa shape index (κ3) is 6.24. The van der Waals surface area contributed by atoms with Crippen LogP contribution in [0, 0.1) is 0 Å². The fraction of sp³-hybridized carbons (Fsp3) is 0.0392. The van der Waals surface area contributed by atoms with Crippen molar-refractivity contribution >= 4 is 70.8 Å². The fourth-order valence-corrected chi connectivity index (χ4v) is 10.1. The van der Waals surface area contributed by atoms with Gasteiger partial charge in [0.25, 0.3) is 0 Å². The van der Waals surface area contributed by atoms with Crippen molar-refractivity contribution in [3.05, 3.63) is 188 Å². The zero-order valence-electron chi connectivity index (χ0n) is 31.3. The summed E-state index contributed by atoms with van der Waals surface area (Å²) in [4.78, 5) is 16.5. The molecule has 0 saturated carbocycles. The standard InChI is InChI=1S/C51H36N4S2/c1-3-4-18-33(2)46-38(25-16-32-45(46)57-55-41-28-13-11-23-36(41)37-24-12-14-29-42(37)55)39-26-15-30-43-47(39)48-40(27-17-31-44(48)56-43)51-53-49(34-19-7-5-8-20-34)52-50(54-51)35-21-9-6-10-22-35/h4-32H,2-3H2,1H3/b18-4-. The van der Waals surface area contributed by atoms with E-state index in [1.165, 1.54) is 36.6 Å². The van der Waals surface area contributed by atoms with Crippen molar-refractivity contribution in [1.29, 1.82) is 0 Å². The molecular formula is C51H36N4S2. The lowest BCUT2D eigenvalue weighted by Crippen LogP contribution is -2.00. The Labute approximate surface area is 339 Å². The Bertz CT molecular complexity index is 3050. The number of hydrogen-bond donors (Lipinski definition) is 0. The highest BCUT2D eigenvalue weighted by atomic mass is 32.2. The summed E-state index contributed by atoms with van der Waals surface area (Å²) in [5.74, 6) is 1.94. The molecule has 6 heteroatoms. The van der Waals surface area contributed by atoms with Crippen LogP contribution in [0.25, 0.3) is 92.8 Å². The predicted octanol–water partition coefficient (Wildman–Crippen LogP) is 14.6. The van der Waals surface area contributed by atoms with E-state index in [-0.39, 0.29) is 0 Å². The molecule has 0 unspecified atom stereocenters. The number of fused-ring (bicyclic) bond motifs is 6. The van der Waals surface area contributed by atoms with Gasteiger partial charge in [0, 0.05) is 58.1 Å². The molecule has 0 N–H and O–H groups in total. The minimum absolute atomic E-state index is 0.646. The molecule has 0 saturated heterocycles. The largest absolute Gasteiger partial charge is 0.279 e. The normalized spacial score (nSPS) is 11.7. The molecule has 57 heavy (non-hydrogen) atoms. The van der Waals surface area contributed by atoms with Crippen LogP contribution in [0.2, 0.25) is 0 Å². The van der Waals surface area contributed by atoms with Gasteiger partial charge in [0.15, 0.2) is 17.5 Å². The fourth-order valence-electron chi connectivity index (χ4n) is 7.80. The topological polar surface area (TPSA) is 43.6 Å². The second-order valence-corrected chi connectivity index (χ2v) is 16.0. The van der Waals surface area contributed by atoms with Gasteiger partial charge in [-0.25, -0.2) is 15.0 Å². The summed E-state index contributed by atoms with van der Waals surface area (Å²) in [5, 5.41) is 4.81. The Morgan fingerprint density at radius 2 is 1.07 bits per heavy atom. The van der Waals surface area contributed by atoms with Crippen molar-refractivity contribution in [3.8, 4) is 45.3 Å². The predicted molar refractivity (Wildman–Crippen MR) is 244 cm³/mol. The van der Waals surface area contributed by atoms with Crippen LogP contribution in [0.3, 0.4) is 0 Å². The van der Waals surface area contributed by atoms with Gasteiger partial charge in [-0.05, 0) is 65.4 Å². The van der Waals surface area contributed by atoms with E-state index in [0.29, 0.717) is 17.5 Å². The van der Waals surface area contributed by atoms with E-state index in [1.54, 1.807) is 23.3 Å². The SMILES string of the molecule is C=C(/C=C\CC)c1c(Sn2c3ccccc3c3ccccc32)cccc1-c1cccc2sc3cccc(-c4nc(-c5ccccc5)nc(-c5ccccc5)n4)c3c12. The average Bonchev–Trinajstić information content (AvgIpc) is 3.82. The van der Waals surface area contributed by atoms with E-state index in [1.807, 2.05) is 36.4 Å². The highest BCUT2D eigenvalue weighted by Gasteiger charge is 2.22. The van der Waals surface area contributed by atoms with Crippen LogP contribution in [-0.2, 0) is 0 Å². The molecule has 3 aromatic heterocycles. The van der Waals surface area contributed by atoms with E-state index >= 15 is 0 Å². The Kier molecular flexibility index (Phi) is 9.06. The number of aromatic nitrogens is 4. The Morgan fingerprint density at radius 3 is 1.68 bits per heavy atom. The molecule has 272 valence electrons. The molecule has 0 amide bonds. The molecule has 0 aliphatic carbocycles. The summed E-state index contributed by atoms with van der Waals surface area (Å²) >= 11 is 3.56. The lowest BCUT2D eigenvalue weighted by atomic mass is 9.91. The van der Waals surface area contributed by atoms with Gasteiger partial charge >= 0.3 is 0 Å². The number of rotatable bonds is 9. The third-order valence-electron chi connectivity index (χ3n) is 10.4. The van der Waals surface area contributed by atoms with Crippen LogP contribution < -0.4 is 0 Å². The van der Waals surface area contributed by atoms with Crippen LogP contribution in [-0.4, -0.2) is 18.9 Å². The van der Waals surface area contributed by atoms with Crippen molar-refractivity contribution in [2.45, 2.75) is 18.2 Å². The molecule has 0 radical (unpaired) electrons. The zero-order chi connectivity index (χ0) is 38.3. The second-order valence-electron chi connectivity index (χ2n) is 13.9. The third-order valence-corrected chi connectivity index (χ3v) is 12.6. The van der Waals surface area contributed by atoms with Crippen LogP contribution in [0.15, 0.2) is 187 Å². The minimum Gasteiger partial charge on any atom is -0.279 e. The summed E-state index contributed by atoms with van der Waals surface area (Å²) in [5.41, 5.74) is 9.63. The lowest BCUT2D eigenvalue weighted by molar-refractivity contribution is 1.08. The molecule has 4 nitrogen and oxygen atoms in total. The monoisotopic (exact) mass is 768 g/mol. The van der Waals surface area contributed by atoms with E-state index in [9.17, 15) is 0 Å². The Morgan fingerprint density at radius 1 is 0.561 bits per heavy atom. The van der Waals surface area contributed by atoms with Gasteiger partial charge in [0.2, 0.25) is 0 Å². The molecule has 0 aliphatic heterocycles. The maximum atomic E-state index is 5.18. The number of para-hydroxylation sites is 2. The number of benzene rings is 7. The number of nitrogens with zero attached hydrogens (tertiary/aromatic N) is 4. The van der Waals surface area contributed by atoms with Crippen LogP contribution in [0.5, 0.6) is 0 Å². The first-order valence-corrected chi connectivity index (χ1v) is 20.7. The van der Waals surface area contributed by atoms with E-state index in [0.717, 1.165) is 55.7 Å². The average molecular weight is 769 g/mol. The number of allylic oxidation sites excluding steroid dienone is 3. The molecule has 0 aliphatic rings. The molecule has 7 aromatic carbocycles. The van der Waals surface area contributed by atoms with Crippen LogP contribution in [0.1, 0.15) is 18.9 Å². The maximum Gasteiger partial charge on any atom is 0.164 e. The van der Waals surface area contributed by atoms with Crippen molar-refractivity contribution in [2.24, 2.45) is 0 Å². The summed E-state index contributed by atoms with van der Waals surface area (Å²) in [7, 11) is 0. The van der Waals surface area contributed by atoms with Gasteiger partial charge in [0.05, 0.1) is 11.0 Å². The first kappa shape index (κ1) is 34.9. The molecule has 10 aromatic rings. The van der Waals surface area contributed by atoms with Gasteiger partial charge in [-0.15, -0.1) is 11.3 Å². The number of hydrogen-bond acceptors (Lipinski definition) is 5. The molecule has 3 heterocycles. The molecular weight excluding hydrogens is 733 g/mol.